The van der Waals surface area contributed by atoms with Gasteiger partial charge in [0.05, 0.1) is 0 Å². The first-order chi connectivity index (χ1) is 13.2. The molecular weight excluding hydrogens is 342 g/mol. The highest BCUT2D eigenvalue weighted by Gasteiger charge is 2.21. The second-order valence-corrected chi connectivity index (χ2v) is 7.33. The number of carbonyl (C=O) groups excluding carboxylic acids is 1. The molecule has 0 aromatic carbocycles. The van der Waals surface area contributed by atoms with Gasteiger partial charge in [0, 0.05) is 65.6 Å². The number of rotatable bonds is 5. The highest BCUT2D eigenvalue weighted by atomic mass is 16.2. The Balaban J connectivity index is 1.51. The van der Waals surface area contributed by atoms with E-state index < -0.39 is 0 Å². The maximum Gasteiger partial charge on any atom is 0.219 e. The lowest BCUT2D eigenvalue weighted by molar-refractivity contribution is -0.130. The molecule has 2 aliphatic heterocycles. The van der Waals surface area contributed by atoms with Gasteiger partial charge in [-0.05, 0) is 26.2 Å². The van der Waals surface area contributed by atoms with Gasteiger partial charge in [-0.15, -0.1) is 10.2 Å². The van der Waals surface area contributed by atoms with E-state index in [2.05, 4.69) is 31.9 Å². The molecule has 0 saturated carbocycles. The van der Waals surface area contributed by atoms with Gasteiger partial charge in [-0.3, -0.25) is 9.79 Å². The van der Waals surface area contributed by atoms with Crippen molar-refractivity contribution in [1.82, 2.24) is 29.9 Å². The minimum atomic E-state index is 0.157. The molecule has 3 heterocycles. The molecule has 150 valence electrons. The highest BCUT2D eigenvalue weighted by molar-refractivity contribution is 5.80. The molecule has 1 aromatic heterocycles. The molecule has 8 heteroatoms. The Morgan fingerprint density at radius 3 is 2.59 bits per heavy atom. The van der Waals surface area contributed by atoms with Gasteiger partial charge in [-0.25, -0.2) is 0 Å². The van der Waals surface area contributed by atoms with E-state index in [4.69, 9.17) is 4.99 Å². The number of fused-ring (bicyclic) bond motifs is 1. The smallest absolute Gasteiger partial charge is 0.219 e. The van der Waals surface area contributed by atoms with E-state index in [1.54, 1.807) is 6.92 Å². The van der Waals surface area contributed by atoms with Crippen LogP contribution in [0.3, 0.4) is 0 Å². The molecule has 8 nitrogen and oxygen atoms in total. The summed E-state index contributed by atoms with van der Waals surface area (Å²) in [6.07, 6.45) is 6.70. The Morgan fingerprint density at radius 1 is 1.07 bits per heavy atom. The van der Waals surface area contributed by atoms with Crippen molar-refractivity contribution in [3.63, 3.8) is 0 Å². The van der Waals surface area contributed by atoms with E-state index in [1.165, 1.54) is 19.3 Å². The van der Waals surface area contributed by atoms with Crippen molar-refractivity contribution < 1.29 is 4.79 Å². The van der Waals surface area contributed by atoms with Crippen LogP contribution in [0.5, 0.6) is 0 Å². The van der Waals surface area contributed by atoms with Gasteiger partial charge >= 0.3 is 0 Å². The Hall–Kier alpha value is -2.12. The summed E-state index contributed by atoms with van der Waals surface area (Å²) in [6, 6.07) is 0. The molecule has 1 aromatic rings. The number of nitrogens with one attached hydrogen (secondary N) is 1. The summed E-state index contributed by atoms with van der Waals surface area (Å²) < 4.78 is 2.32. The highest BCUT2D eigenvalue weighted by Crippen LogP contribution is 2.15. The van der Waals surface area contributed by atoms with Gasteiger partial charge in [-0.1, -0.05) is 6.42 Å². The number of aliphatic imine (C=N–C) groups is 1. The molecule has 0 radical (unpaired) electrons. The van der Waals surface area contributed by atoms with Crippen LogP contribution >= 0.6 is 0 Å². The Bertz CT molecular complexity index is 646. The maximum atomic E-state index is 11.5. The zero-order valence-electron chi connectivity index (χ0n) is 16.8. The molecule has 1 saturated heterocycles. The third-order valence-electron chi connectivity index (χ3n) is 5.37. The molecule has 0 unspecified atom stereocenters. The van der Waals surface area contributed by atoms with E-state index in [9.17, 15) is 4.79 Å². The number of piperazine rings is 1. The number of aromatic nitrogens is 3. The molecular formula is C19H33N7O. The van der Waals surface area contributed by atoms with Crippen LogP contribution in [0.25, 0.3) is 0 Å². The molecule has 1 amide bonds. The second-order valence-electron chi connectivity index (χ2n) is 7.33. The average Bonchev–Trinajstić information content (AvgIpc) is 2.90. The van der Waals surface area contributed by atoms with Crippen LogP contribution in [0.2, 0.25) is 0 Å². The number of nitrogens with zero attached hydrogens (tertiary/aromatic N) is 6. The standard InChI is InChI=1S/C19H33N7O/c1-3-20-19(25-14-12-24(13-15-25)16(2)27)21-10-7-9-18-23-22-17-8-5-4-6-11-26(17)18/h3-15H2,1-2H3,(H,20,21). The number of hydrogen-bond acceptors (Lipinski definition) is 4. The van der Waals surface area contributed by atoms with Crippen molar-refractivity contribution in [2.45, 2.75) is 58.9 Å². The van der Waals surface area contributed by atoms with Crippen LogP contribution in [-0.4, -0.2) is 75.7 Å². The first-order valence-electron chi connectivity index (χ1n) is 10.4. The summed E-state index contributed by atoms with van der Waals surface area (Å²) in [6.45, 7) is 9.63. The minimum Gasteiger partial charge on any atom is -0.357 e. The van der Waals surface area contributed by atoms with Gasteiger partial charge in [-0.2, -0.15) is 0 Å². The summed E-state index contributed by atoms with van der Waals surface area (Å²) in [5.41, 5.74) is 0. The van der Waals surface area contributed by atoms with Crippen molar-refractivity contribution >= 4 is 11.9 Å². The van der Waals surface area contributed by atoms with E-state index in [1.807, 2.05) is 4.90 Å². The van der Waals surface area contributed by atoms with Crippen molar-refractivity contribution in [3.05, 3.63) is 11.6 Å². The van der Waals surface area contributed by atoms with Crippen molar-refractivity contribution in [2.24, 2.45) is 4.99 Å². The molecule has 1 fully saturated rings. The lowest BCUT2D eigenvalue weighted by atomic mass is 10.2. The van der Waals surface area contributed by atoms with Gasteiger partial charge in [0.1, 0.15) is 11.6 Å². The summed E-state index contributed by atoms with van der Waals surface area (Å²) >= 11 is 0. The minimum absolute atomic E-state index is 0.157. The fourth-order valence-electron chi connectivity index (χ4n) is 3.81. The molecule has 0 aliphatic carbocycles. The fourth-order valence-corrected chi connectivity index (χ4v) is 3.81. The van der Waals surface area contributed by atoms with Gasteiger partial charge in [0.15, 0.2) is 5.96 Å². The number of hydrogen-bond donors (Lipinski definition) is 1. The lowest BCUT2D eigenvalue weighted by Gasteiger charge is -2.36. The first kappa shape index (κ1) is 19.6. The third kappa shape index (κ3) is 5.20. The van der Waals surface area contributed by atoms with Crippen LogP contribution in [0.4, 0.5) is 0 Å². The van der Waals surface area contributed by atoms with Gasteiger partial charge in [0.25, 0.3) is 0 Å². The molecule has 1 N–H and O–H groups in total. The van der Waals surface area contributed by atoms with Crippen molar-refractivity contribution in [3.8, 4) is 0 Å². The van der Waals surface area contributed by atoms with Gasteiger partial charge < -0.3 is 19.7 Å². The monoisotopic (exact) mass is 375 g/mol. The molecule has 27 heavy (non-hydrogen) atoms. The summed E-state index contributed by atoms with van der Waals surface area (Å²) in [5, 5.41) is 12.2. The summed E-state index contributed by atoms with van der Waals surface area (Å²) in [7, 11) is 0. The van der Waals surface area contributed by atoms with Crippen LogP contribution in [0, 0.1) is 0 Å². The summed E-state index contributed by atoms with van der Waals surface area (Å²) in [5.74, 6) is 3.38. The van der Waals surface area contributed by atoms with Crippen molar-refractivity contribution in [2.75, 3.05) is 39.3 Å². The number of guanidine groups is 1. The first-order valence-corrected chi connectivity index (χ1v) is 10.4. The second kappa shape index (κ2) is 9.71. The zero-order chi connectivity index (χ0) is 19.1. The quantitative estimate of drug-likeness (QED) is 0.473. The molecule has 2 aliphatic rings. The van der Waals surface area contributed by atoms with E-state index in [-0.39, 0.29) is 5.91 Å². The maximum absolute atomic E-state index is 11.5. The summed E-state index contributed by atoms with van der Waals surface area (Å²) in [4.78, 5) is 20.5. The van der Waals surface area contributed by atoms with Crippen LogP contribution in [0.15, 0.2) is 4.99 Å². The van der Waals surface area contributed by atoms with E-state index >= 15 is 0 Å². The van der Waals surface area contributed by atoms with Gasteiger partial charge in [0.2, 0.25) is 5.91 Å². The molecule has 0 bridgehead atoms. The molecule has 3 rings (SSSR count). The zero-order valence-corrected chi connectivity index (χ0v) is 16.8. The lowest BCUT2D eigenvalue weighted by Crippen LogP contribution is -2.53. The Labute approximate surface area is 162 Å². The van der Waals surface area contributed by atoms with Crippen LogP contribution in [-0.2, 0) is 24.2 Å². The fraction of sp³-hybridized carbons (Fsp3) is 0.789. The molecule has 0 atom stereocenters. The molecule has 0 spiro atoms. The number of carbonyl (C=O) groups is 1. The number of amides is 1. The Morgan fingerprint density at radius 2 is 1.85 bits per heavy atom. The SMILES string of the molecule is CCNC(=NCCCc1nnc2n1CCCCC2)N1CCN(C(C)=O)CC1. The third-order valence-corrected chi connectivity index (χ3v) is 5.37. The predicted octanol–water partition coefficient (Wildman–Crippen LogP) is 1.07. The average molecular weight is 376 g/mol. The van der Waals surface area contributed by atoms with Crippen LogP contribution < -0.4 is 5.32 Å². The van der Waals surface area contributed by atoms with E-state index in [0.29, 0.717) is 0 Å². The van der Waals surface area contributed by atoms with Crippen LogP contribution in [0.1, 0.15) is 51.2 Å². The largest absolute Gasteiger partial charge is 0.357 e. The predicted molar refractivity (Wildman–Crippen MR) is 106 cm³/mol. The Kier molecular flexibility index (Phi) is 7.06. The van der Waals surface area contributed by atoms with Crippen molar-refractivity contribution in [1.29, 1.82) is 0 Å². The van der Waals surface area contributed by atoms with E-state index in [0.717, 1.165) is 82.7 Å². The normalized spacial score (nSPS) is 18.2. The number of aryl methyl sites for hydroxylation is 2. The topological polar surface area (TPSA) is 78.7 Å².